The second-order valence-electron chi connectivity index (χ2n) is 5.11. The largest absolute Gasteiger partial charge is 0.306 e. The Morgan fingerprint density at radius 1 is 0.905 bits per heavy atom. The minimum atomic E-state index is 0.933. The number of aryl methyl sites for hydroxylation is 1. The van der Waals surface area contributed by atoms with E-state index in [0.717, 1.165) is 22.6 Å². The number of hydrogen-bond donors (Lipinski definition) is 0. The van der Waals surface area contributed by atoms with Crippen molar-refractivity contribution in [3.05, 3.63) is 72.8 Å². The monoisotopic (exact) mass is 274 g/mol. The lowest BCUT2D eigenvalue weighted by atomic mass is 10.3. The number of fused-ring (bicyclic) bond motifs is 1. The Hall–Kier alpha value is -2.88. The second kappa shape index (κ2) is 4.59. The summed E-state index contributed by atoms with van der Waals surface area (Å²) in [6, 6.07) is 14.2. The van der Waals surface area contributed by atoms with Crippen molar-refractivity contribution in [2.24, 2.45) is 0 Å². The summed E-state index contributed by atoms with van der Waals surface area (Å²) >= 11 is 0. The van der Waals surface area contributed by atoms with E-state index >= 15 is 0 Å². The topological polar surface area (TPSA) is 35.1 Å². The van der Waals surface area contributed by atoms with E-state index in [1.165, 1.54) is 5.56 Å². The first-order chi connectivity index (χ1) is 10.3. The van der Waals surface area contributed by atoms with E-state index in [1.807, 2.05) is 64.1 Å². The lowest BCUT2D eigenvalue weighted by Crippen LogP contribution is -1.92. The van der Waals surface area contributed by atoms with Crippen molar-refractivity contribution in [1.82, 2.24) is 19.2 Å². The minimum Gasteiger partial charge on any atom is -0.306 e. The minimum absolute atomic E-state index is 0.933. The van der Waals surface area contributed by atoms with E-state index in [9.17, 15) is 0 Å². The molecule has 4 aromatic rings. The van der Waals surface area contributed by atoms with E-state index in [4.69, 9.17) is 0 Å². The molecule has 0 aliphatic heterocycles. The van der Waals surface area contributed by atoms with Gasteiger partial charge < -0.3 is 4.40 Å². The van der Waals surface area contributed by atoms with Crippen LogP contribution in [0.5, 0.6) is 0 Å². The van der Waals surface area contributed by atoms with Gasteiger partial charge in [-0.15, -0.1) is 0 Å². The Balaban J connectivity index is 1.77. The van der Waals surface area contributed by atoms with Gasteiger partial charge in [-0.05, 0) is 30.7 Å². The van der Waals surface area contributed by atoms with Crippen molar-refractivity contribution in [2.45, 2.75) is 6.92 Å². The van der Waals surface area contributed by atoms with Gasteiger partial charge in [0.2, 0.25) is 0 Å². The first-order valence-electron chi connectivity index (χ1n) is 6.85. The van der Waals surface area contributed by atoms with Crippen LogP contribution in [0.15, 0.2) is 67.3 Å². The van der Waals surface area contributed by atoms with Gasteiger partial charge in [0.15, 0.2) is 0 Å². The zero-order valence-electron chi connectivity index (χ0n) is 11.6. The number of para-hydroxylation sites is 1. The van der Waals surface area contributed by atoms with Crippen molar-refractivity contribution in [1.29, 1.82) is 0 Å². The van der Waals surface area contributed by atoms with Crippen molar-refractivity contribution >= 4 is 5.65 Å². The van der Waals surface area contributed by atoms with Crippen molar-refractivity contribution in [2.75, 3.05) is 0 Å². The Labute approximate surface area is 122 Å². The van der Waals surface area contributed by atoms with Gasteiger partial charge >= 0.3 is 0 Å². The third-order valence-corrected chi connectivity index (χ3v) is 3.50. The third kappa shape index (κ3) is 2.10. The van der Waals surface area contributed by atoms with Crippen LogP contribution in [-0.2, 0) is 0 Å². The first kappa shape index (κ1) is 11.9. The first-order valence-corrected chi connectivity index (χ1v) is 6.85. The van der Waals surface area contributed by atoms with Gasteiger partial charge in [0.1, 0.15) is 5.65 Å². The van der Waals surface area contributed by atoms with E-state index < -0.39 is 0 Å². The molecule has 0 bridgehead atoms. The summed E-state index contributed by atoms with van der Waals surface area (Å²) < 4.78 is 3.91. The molecule has 0 unspecified atom stereocenters. The molecule has 0 spiro atoms. The summed E-state index contributed by atoms with van der Waals surface area (Å²) in [5.41, 5.74) is 5.15. The Kier molecular flexibility index (Phi) is 2.60. The number of rotatable bonds is 2. The normalized spacial score (nSPS) is 11.1. The molecule has 0 amide bonds. The maximum absolute atomic E-state index is 4.64. The third-order valence-electron chi connectivity index (χ3n) is 3.50. The summed E-state index contributed by atoms with van der Waals surface area (Å²) in [7, 11) is 0. The van der Waals surface area contributed by atoms with Crippen LogP contribution in [0.2, 0.25) is 0 Å². The highest BCUT2D eigenvalue weighted by Crippen LogP contribution is 2.20. The molecule has 0 N–H and O–H groups in total. The quantitative estimate of drug-likeness (QED) is 0.561. The SMILES string of the molecule is Cc1ccc2nc(-c3cnn(-c4ccccc4)c3)cn2c1. The van der Waals surface area contributed by atoms with Crippen LogP contribution in [0, 0.1) is 6.92 Å². The second-order valence-corrected chi connectivity index (χ2v) is 5.11. The average molecular weight is 274 g/mol. The molecular formula is C17H14N4. The number of benzene rings is 1. The maximum Gasteiger partial charge on any atom is 0.137 e. The van der Waals surface area contributed by atoms with Gasteiger partial charge in [-0.1, -0.05) is 24.3 Å². The molecule has 4 heteroatoms. The summed E-state index contributed by atoms with van der Waals surface area (Å²) in [4.78, 5) is 4.64. The average Bonchev–Trinajstić information content (AvgIpc) is 3.14. The van der Waals surface area contributed by atoms with Gasteiger partial charge in [0.25, 0.3) is 0 Å². The smallest absolute Gasteiger partial charge is 0.137 e. The van der Waals surface area contributed by atoms with Gasteiger partial charge in [0.05, 0.1) is 17.6 Å². The number of nitrogens with zero attached hydrogens (tertiary/aromatic N) is 4. The van der Waals surface area contributed by atoms with Crippen LogP contribution < -0.4 is 0 Å². The Morgan fingerprint density at radius 2 is 1.76 bits per heavy atom. The fourth-order valence-corrected chi connectivity index (χ4v) is 2.42. The standard InChI is InChI=1S/C17H14N4/c1-13-7-8-17-19-16(12-20(17)10-13)14-9-18-21(11-14)15-5-3-2-4-6-15/h2-12H,1H3. The van der Waals surface area contributed by atoms with E-state index in [0.29, 0.717) is 0 Å². The summed E-state index contributed by atoms with van der Waals surface area (Å²) in [5.74, 6) is 0. The zero-order valence-corrected chi connectivity index (χ0v) is 11.6. The molecule has 102 valence electrons. The van der Waals surface area contributed by atoms with Gasteiger partial charge in [-0.3, -0.25) is 0 Å². The van der Waals surface area contributed by atoms with E-state index in [2.05, 4.69) is 29.3 Å². The summed E-state index contributed by atoms with van der Waals surface area (Å²) in [6.45, 7) is 2.08. The predicted molar refractivity (Wildman–Crippen MR) is 82.5 cm³/mol. The van der Waals surface area contributed by atoms with Crippen LogP contribution in [0.1, 0.15) is 5.56 Å². The fourth-order valence-electron chi connectivity index (χ4n) is 2.42. The van der Waals surface area contributed by atoms with Crippen molar-refractivity contribution < 1.29 is 0 Å². The van der Waals surface area contributed by atoms with Crippen molar-refractivity contribution in [3.8, 4) is 16.9 Å². The summed E-state index contributed by atoms with van der Waals surface area (Å²) in [5, 5.41) is 4.42. The zero-order chi connectivity index (χ0) is 14.2. The molecule has 0 aliphatic carbocycles. The lowest BCUT2D eigenvalue weighted by Gasteiger charge is -1.98. The molecule has 1 aromatic carbocycles. The highest BCUT2D eigenvalue weighted by atomic mass is 15.3. The van der Waals surface area contributed by atoms with Gasteiger partial charge in [-0.25, -0.2) is 9.67 Å². The van der Waals surface area contributed by atoms with Crippen LogP contribution >= 0.6 is 0 Å². The number of imidazole rings is 1. The van der Waals surface area contributed by atoms with Gasteiger partial charge in [-0.2, -0.15) is 5.10 Å². The van der Waals surface area contributed by atoms with Crippen molar-refractivity contribution in [3.63, 3.8) is 0 Å². The highest BCUT2D eigenvalue weighted by Gasteiger charge is 2.07. The number of aromatic nitrogens is 4. The molecule has 0 radical (unpaired) electrons. The van der Waals surface area contributed by atoms with Crippen LogP contribution in [-0.4, -0.2) is 19.2 Å². The maximum atomic E-state index is 4.64. The molecule has 0 fully saturated rings. The van der Waals surface area contributed by atoms with Gasteiger partial charge in [0, 0.05) is 24.2 Å². The molecular weight excluding hydrogens is 260 g/mol. The molecule has 0 saturated heterocycles. The molecule has 4 rings (SSSR count). The fraction of sp³-hybridized carbons (Fsp3) is 0.0588. The van der Waals surface area contributed by atoms with Crippen LogP contribution in [0.4, 0.5) is 0 Å². The molecule has 0 aliphatic rings. The summed E-state index contributed by atoms with van der Waals surface area (Å²) in [6.07, 6.45) is 7.97. The lowest BCUT2D eigenvalue weighted by molar-refractivity contribution is 0.881. The molecule has 0 saturated carbocycles. The number of hydrogen-bond acceptors (Lipinski definition) is 2. The van der Waals surface area contributed by atoms with E-state index in [-0.39, 0.29) is 0 Å². The predicted octanol–water partition coefficient (Wildman–Crippen LogP) is 3.50. The Bertz CT molecular complexity index is 903. The number of pyridine rings is 1. The molecule has 3 heterocycles. The molecule has 0 atom stereocenters. The van der Waals surface area contributed by atoms with Crippen LogP contribution in [0.25, 0.3) is 22.6 Å². The molecule has 21 heavy (non-hydrogen) atoms. The molecule has 4 nitrogen and oxygen atoms in total. The Morgan fingerprint density at radius 3 is 2.62 bits per heavy atom. The van der Waals surface area contributed by atoms with Crippen LogP contribution in [0.3, 0.4) is 0 Å². The highest BCUT2D eigenvalue weighted by molar-refractivity contribution is 5.61. The van der Waals surface area contributed by atoms with E-state index in [1.54, 1.807) is 0 Å². The molecule has 3 aromatic heterocycles.